The van der Waals surface area contributed by atoms with Crippen molar-refractivity contribution in [3.8, 4) is 0 Å². The zero-order valence-electron chi connectivity index (χ0n) is 17.1. The molecule has 0 aromatic heterocycles. The van der Waals surface area contributed by atoms with Crippen LogP contribution in [0.15, 0.2) is 12.2 Å². The van der Waals surface area contributed by atoms with Gasteiger partial charge in [0, 0.05) is 30.8 Å². The van der Waals surface area contributed by atoms with Crippen LogP contribution >= 0.6 is 0 Å². The van der Waals surface area contributed by atoms with Gasteiger partial charge in [0.2, 0.25) is 0 Å². The molecule has 0 unspecified atom stereocenters. The molecule has 0 radical (unpaired) electrons. The van der Waals surface area contributed by atoms with Gasteiger partial charge in [-0.3, -0.25) is 9.59 Å². The zero-order valence-corrected chi connectivity index (χ0v) is 17.1. The summed E-state index contributed by atoms with van der Waals surface area (Å²) in [5.74, 6) is -2.44. The normalized spacial score (nSPS) is 51.4. The molecule has 4 saturated carbocycles. The summed E-state index contributed by atoms with van der Waals surface area (Å²) in [6.07, 6.45) is -0.772. The first-order valence-corrected chi connectivity index (χ1v) is 10.6. The highest BCUT2D eigenvalue weighted by Gasteiger charge is 2.77. The maximum Gasteiger partial charge on any atom is 0.302 e. The predicted molar refractivity (Wildman–Crippen MR) is 102 cm³/mol. The molecule has 4 aliphatic rings. The maximum absolute atomic E-state index is 13.4. The summed E-state index contributed by atoms with van der Waals surface area (Å²) in [6.45, 7) is 7.03. The molecule has 0 amide bonds. The van der Waals surface area contributed by atoms with Gasteiger partial charge in [0.15, 0.2) is 5.78 Å². The summed E-state index contributed by atoms with van der Waals surface area (Å²) in [7, 11) is 0. The Morgan fingerprint density at radius 1 is 1.24 bits per heavy atom. The summed E-state index contributed by atoms with van der Waals surface area (Å²) >= 11 is 0. The van der Waals surface area contributed by atoms with Crippen molar-refractivity contribution >= 4 is 11.8 Å². The molecule has 4 aliphatic carbocycles. The van der Waals surface area contributed by atoms with E-state index in [0.29, 0.717) is 6.42 Å². The van der Waals surface area contributed by atoms with Crippen molar-refractivity contribution in [2.24, 2.45) is 34.0 Å². The van der Waals surface area contributed by atoms with Crippen molar-refractivity contribution in [3.63, 3.8) is 0 Å². The minimum Gasteiger partial charge on any atom is -0.465 e. The van der Waals surface area contributed by atoms with Gasteiger partial charge < -0.3 is 25.2 Å². The van der Waals surface area contributed by atoms with E-state index in [1.807, 2.05) is 6.92 Å². The fourth-order valence-corrected chi connectivity index (χ4v) is 7.69. The molecule has 7 nitrogen and oxygen atoms in total. The third-order valence-electron chi connectivity index (χ3n) is 8.86. The molecule has 4 fully saturated rings. The molecule has 29 heavy (non-hydrogen) atoms. The van der Waals surface area contributed by atoms with Gasteiger partial charge in [0.05, 0.1) is 30.3 Å². The molecular weight excluding hydrogens is 376 g/mol. The van der Waals surface area contributed by atoms with Crippen LogP contribution < -0.4 is 0 Å². The molecular formula is C22H32O7. The number of ether oxygens (including phenoxy) is 1. The molecule has 0 aromatic rings. The minimum absolute atomic E-state index is 0.00404. The molecule has 4 N–H and O–H groups in total. The van der Waals surface area contributed by atoms with Crippen molar-refractivity contribution < 1.29 is 34.8 Å². The average molecular weight is 408 g/mol. The Morgan fingerprint density at radius 3 is 2.55 bits per heavy atom. The average Bonchev–Trinajstić information content (AvgIpc) is 2.79. The van der Waals surface area contributed by atoms with Crippen LogP contribution in [0.1, 0.15) is 46.0 Å². The van der Waals surface area contributed by atoms with Gasteiger partial charge in [-0.25, -0.2) is 0 Å². The third-order valence-corrected chi connectivity index (χ3v) is 8.86. The van der Waals surface area contributed by atoms with Crippen molar-refractivity contribution in [1.29, 1.82) is 0 Å². The number of rotatable bonds is 3. The zero-order chi connectivity index (χ0) is 21.4. The highest BCUT2D eigenvalue weighted by atomic mass is 16.5. The van der Waals surface area contributed by atoms with Gasteiger partial charge in [-0.2, -0.15) is 0 Å². The fraction of sp³-hybridized carbons (Fsp3) is 0.818. The van der Waals surface area contributed by atoms with Crippen LogP contribution in [0, 0.1) is 34.0 Å². The van der Waals surface area contributed by atoms with Gasteiger partial charge in [-0.05, 0) is 42.6 Å². The van der Waals surface area contributed by atoms with Crippen molar-refractivity contribution in [2.45, 2.75) is 64.3 Å². The van der Waals surface area contributed by atoms with Crippen LogP contribution in [0.5, 0.6) is 0 Å². The molecule has 0 aliphatic heterocycles. The van der Waals surface area contributed by atoms with Crippen molar-refractivity contribution in [1.82, 2.24) is 0 Å². The lowest BCUT2D eigenvalue weighted by molar-refractivity contribution is -0.269. The molecule has 4 rings (SSSR count). The Bertz CT molecular complexity index is 749. The Labute approximate surface area is 170 Å². The number of aliphatic hydroxyl groups is 4. The van der Waals surface area contributed by atoms with E-state index >= 15 is 0 Å². The smallest absolute Gasteiger partial charge is 0.302 e. The van der Waals surface area contributed by atoms with Crippen molar-refractivity contribution in [3.05, 3.63) is 12.2 Å². The highest BCUT2D eigenvalue weighted by molar-refractivity contribution is 6.04. The van der Waals surface area contributed by atoms with Crippen LogP contribution in [0.3, 0.4) is 0 Å². The Hall–Kier alpha value is -1.28. The number of hydrogen-bond donors (Lipinski definition) is 4. The Kier molecular flexibility index (Phi) is 4.78. The van der Waals surface area contributed by atoms with E-state index < -0.39 is 52.4 Å². The predicted octanol–water partition coefficient (Wildman–Crippen LogP) is 0.582. The lowest BCUT2D eigenvalue weighted by Gasteiger charge is -2.66. The summed E-state index contributed by atoms with van der Waals surface area (Å²) in [4.78, 5) is 25.1. The molecule has 0 saturated heterocycles. The SMILES string of the molecule is C=C1C(=O)[C@@]23[C@H](O)C[C@@H]4[C@@](C)(CO)CCC[C@@]4(COC(C)=O)[C@@H]2[C@@H](O)C[C@@H]1[C@H]3O. The lowest BCUT2D eigenvalue weighted by Crippen LogP contribution is -2.72. The van der Waals surface area contributed by atoms with E-state index in [-0.39, 0.29) is 43.3 Å². The minimum atomic E-state index is -1.54. The summed E-state index contributed by atoms with van der Waals surface area (Å²) in [5, 5.41) is 43.9. The van der Waals surface area contributed by atoms with E-state index in [0.717, 1.165) is 12.8 Å². The van der Waals surface area contributed by atoms with Crippen LogP contribution in [0.25, 0.3) is 0 Å². The number of aliphatic hydroxyl groups excluding tert-OH is 4. The van der Waals surface area contributed by atoms with Gasteiger partial charge in [0.1, 0.15) is 0 Å². The first-order chi connectivity index (χ1) is 13.6. The summed E-state index contributed by atoms with van der Waals surface area (Å²) < 4.78 is 5.48. The maximum atomic E-state index is 13.4. The summed E-state index contributed by atoms with van der Waals surface area (Å²) in [5.41, 5.74) is -2.63. The first kappa shape index (κ1) is 21.0. The van der Waals surface area contributed by atoms with Gasteiger partial charge in [-0.15, -0.1) is 0 Å². The van der Waals surface area contributed by atoms with Crippen molar-refractivity contribution in [2.75, 3.05) is 13.2 Å². The van der Waals surface area contributed by atoms with E-state index in [1.54, 1.807) is 0 Å². The standard InChI is InChI=1S/C22H32O7/c1-11-13-7-14(25)17-21(10-29-12(2)24)6-4-5-20(3,9-23)15(21)8-16(26)22(17,18(11)27)19(13)28/h13-17,19,23,25-26,28H,1,4-10H2,2-3H3/t13-,14-,15+,16+,17-,19+,20+,21-,22+/m0/s1. The lowest BCUT2D eigenvalue weighted by atomic mass is 9.38. The molecule has 0 heterocycles. The molecule has 2 bridgehead atoms. The topological polar surface area (TPSA) is 124 Å². The summed E-state index contributed by atoms with van der Waals surface area (Å²) in [6, 6.07) is 0. The monoisotopic (exact) mass is 408 g/mol. The molecule has 9 atom stereocenters. The first-order valence-electron chi connectivity index (χ1n) is 10.6. The third kappa shape index (κ3) is 2.44. The van der Waals surface area contributed by atoms with E-state index in [4.69, 9.17) is 4.74 Å². The van der Waals surface area contributed by atoms with Crippen LogP contribution in [-0.4, -0.2) is 63.7 Å². The largest absolute Gasteiger partial charge is 0.465 e. The second-order valence-corrected chi connectivity index (χ2v) is 10.1. The molecule has 162 valence electrons. The molecule has 7 heteroatoms. The second-order valence-electron chi connectivity index (χ2n) is 10.1. The number of ketones is 1. The Balaban J connectivity index is 1.92. The number of hydrogen-bond acceptors (Lipinski definition) is 7. The van der Waals surface area contributed by atoms with E-state index in [9.17, 15) is 30.0 Å². The number of carbonyl (C=O) groups is 2. The van der Waals surface area contributed by atoms with Crippen LogP contribution in [0.2, 0.25) is 0 Å². The Morgan fingerprint density at radius 2 is 1.93 bits per heavy atom. The number of fused-ring (bicyclic) bond motifs is 3. The molecule has 1 spiro atoms. The fourth-order valence-electron chi connectivity index (χ4n) is 7.69. The molecule has 0 aromatic carbocycles. The van der Waals surface area contributed by atoms with Gasteiger partial charge in [0.25, 0.3) is 0 Å². The number of Topliss-reactive ketones (excluding diaryl/α,β-unsaturated/α-hetero) is 1. The van der Waals surface area contributed by atoms with Crippen LogP contribution in [0.4, 0.5) is 0 Å². The highest BCUT2D eigenvalue weighted by Crippen LogP contribution is 2.71. The van der Waals surface area contributed by atoms with E-state index in [2.05, 4.69) is 6.58 Å². The quantitative estimate of drug-likeness (QED) is 0.398. The van der Waals surface area contributed by atoms with E-state index in [1.165, 1.54) is 6.92 Å². The number of carbonyl (C=O) groups excluding carboxylic acids is 2. The number of esters is 1. The van der Waals surface area contributed by atoms with Gasteiger partial charge in [-0.1, -0.05) is 19.9 Å². The van der Waals surface area contributed by atoms with Gasteiger partial charge >= 0.3 is 5.97 Å². The van der Waals surface area contributed by atoms with Crippen LogP contribution in [-0.2, 0) is 14.3 Å². The second kappa shape index (κ2) is 6.61.